The topological polar surface area (TPSA) is 91.0 Å². The maximum atomic E-state index is 13.3. The fourth-order valence-corrected chi connectivity index (χ4v) is 3.76. The lowest BCUT2D eigenvalue weighted by Crippen LogP contribution is -2.23. The van der Waals surface area contributed by atoms with Crippen LogP contribution in [0.3, 0.4) is 0 Å². The van der Waals surface area contributed by atoms with Crippen LogP contribution in [0.4, 0.5) is 14.6 Å². The Kier molecular flexibility index (Phi) is 6.73. The number of anilines is 1. The normalized spacial score (nSPS) is 10.8. The Morgan fingerprint density at radius 2 is 1.65 bits per heavy atom. The SMILES string of the molecule is CSc1ncc(C(=O)OCC(=O)Nc2cc(C)nn2-c2ccc(F)cc2)n1-c1ccc(F)cc1. The fraction of sp³-hybridized carbons (Fsp3) is 0.130. The van der Waals surface area contributed by atoms with Crippen LogP contribution in [0.5, 0.6) is 0 Å². The summed E-state index contributed by atoms with van der Waals surface area (Å²) >= 11 is 1.30. The molecule has 4 rings (SSSR count). The number of rotatable bonds is 7. The first-order valence-corrected chi connectivity index (χ1v) is 11.3. The zero-order valence-electron chi connectivity index (χ0n) is 18.2. The number of thioether (sulfide) groups is 1. The number of hydrogen-bond acceptors (Lipinski definition) is 6. The molecule has 0 bridgehead atoms. The van der Waals surface area contributed by atoms with Gasteiger partial charge in [-0.1, -0.05) is 11.8 Å². The maximum Gasteiger partial charge on any atom is 0.357 e. The number of halogens is 2. The quantitative estimate of drug-likeness (QED) is 0.314. The maximum absolute atomic E-state index is 13.3. The molecule has 0 spiro atoms. The van der Waals surface area contributed by atoms with Gasteiger partial charge in [0.2, 0.25) is 0 Å². The van der Waals surface area contributed by atoms with E-state index in [4.69, 9.17) is 4.74 Å². The van der Waals surface area contributed by atoms with E-state index < -0.39 is 30.1 Å². The zero-order valence-corrected chi connectivity index (χ0v) is 19.0. The highest BCUT2D eigenvalue weighted by molar-refractivity contribution is 7.98. The average Bonchev–Trinajstić information content (AvgIpc) is 3.42. The highest BCUT2D eigenvalue weighted by Crippen LogP contribution is 2.23. The number of ether oxygens (including phenoxy) is 1. The van der Waals surface area contributed by atoms with Gasteiger partial charge in [-0.2, -0.15) is 5.10 Å². The summed E-state index contributed by atoms with van der Waals surface area (Å²) in [5.74, 6) is -1.82. The second kappa shape index (κ2) is 9.87. The number of hydrogen-bond donors (Lipinski definition) is 1. The smallest absolute Gasteiger partial charge is 0.357 e. The van der Waals surface area contributed by atoms with Crippen molar-refractivity contribution in [3.63, 3.8) is 0 Å². The highest BCUT2D eigenvalue weighted by atomic mass is 32.2. The minimum absolute atomic E-state index is 0.0935. The molecule has 0 aliphatic rings. The van der Waals surface area contributed by atoms with E-state index >= 15 is 0 Å². The predicted molar refractivity (Wildman–Crippen MR) is 122 cm³/mol. The molecule has 0 saturated carbocycles. The molecule has 11 heteroatoms. The van der Waals surface area contributed by atoms with E-state index in [2.05, 4.69) is 15.4 Å². The van der Waals surface area contributed by atoms with Crippen LogP contribution in [0, 0.1) is 18.6 Å². The molecule has 2 heterocycles. The Morgan fingerprint density at radius 3 is 2.26 bits per heavy atom. The van der Waals surface area contributed by atoms with Gasteiger partial charge in [0.25, 0.3) is 5.91 Å². The van der Waals surface area contributed by atoms with Gasteiger partial charge in [-0.05, 0) is 61.7 Å². The molecular weight excluding hydrogens is 464 g/mol. The number of aryl methyl sites for hydroxylation is 1. The average molecular weight is 484 g/mol. The summed E-state index contributed by atoms with van der Waals surface area (Å²) in [5.41, 5.74) is 1.80. The van der Waals surface area contributed by atoms with Crippen molar-refractivity contribution in [1.29, 1.82) is 0 Å². The Hall–Kier alpha value is -3.99. The summed E-state index contributed by atoms with van der Waals surface area (Å²) in [4.78, 5) is 29.4. The van der Waals surface area contributed by atoms with Gasteiger partial charge >= 0.3 is 5.97 Å². The molecule has 8 nitrogen and oxygen atoms in total. The van der Waals surface area contributed by atoms with Crippen molar-refractivity contribution in [2.75, 3.05) is 18.2 Å². The van der Waals surface area contributed by atoms with Gasteiger partial charge in [0, 0.05) is 11.8 Å². The molecule has 1 amide bonds. The molecular formula is C23H19F2N5O3S. The second-order valence-electron chi connectivity index (χ2n) is 7.13. The molecule has 0 fully saturated rings. The van der Waals surface area contributed by atoms with Crippen molar-refractivity contribution in [2.24, 2.45) is 0 Å². The van der Waals surface area contributed by atoms with E-state index in [-0.39, 0.29) is 5.69 Å². The van der Waals surface area contributed by atoms with E-state index in [0.29, 0.717) is 28.0 Å². The molecule has 0 radical (unpaired) electrons. The number of amides is 1. The molecule has 0 saturated heterocycles. The predicted octanol–water partition coefficient (Wildman–Crippen LogP) is 4.16. The summed E-state index contributed by atoms with van der Waals surface area (Å²) < 4.78 is 34.7. The number of aromatic nitrogens is 4. The van der Waals surface area contributed by atoms with Gasteiger partial charge in [-0.15, -0.1) is 0 Å². The molecule has 0 atom stereocenters. The zero-order chi connectivity index (χ0) is 24.2. The van der Waals surface area contributed by atoms with Crippen LogP contribution in [-0.2, 0) is 9.53 Å². The summed E-state index contributed by atoms with van der Waals surface area (Å²) in [6, 6.07) is 12.8. The number of nitrogens with zero attached hydrogens (tertiary/aromatic N) is 4. The second-order valence-corrected chi connectivity index (χ2v) is 7.90. The van der Waals surface area contributed by atoms with Crippen LogP contribution < -0.4 is 5.32 Å². The number of benzene rings is 2. The first-order valence-electron chi connectivity index (χ1n) is 10.0. The molecule has 0 aliphatic carbocycles. The van der Waals surface area contributed by atoms with Crippen molar-refractivity contribution in [3.05, 3.63) is 83.8 Å². The first kappa shape index (κ1) is 23.2. The van der Waals surface area contributed by atoms with E-state index in [0.717, 1.165) is 0 Å². The monoisotopic (exact) mass is 483 g/mol. The number of carbonyl (C=O) groups is 2. The van der Waals surface area contributed by atoms with Crippen LogP contribution >= 0.6 is 11.8 Å². The van der Waals surface area contributed by atoms with Gasteiger partial charge in [0.15, 0.2) is 17.5 Å². The molecule has 2 aromatic heterocycles. The lowest BCUT2D eigenvalue weighted by atomic mass is 10.3. The van der Waals surface area contributed by atoms with Crippen molar-refractivity contribution in [3.8, 4) is 11.4 Å². The van der Waals surface area contributed by atoms with E-state index in [9.17, 15) is 18.4 Å². The Morgan fingerprint density at radius 1 is 1.03 bits per heavy atom. The van der Waals surface area contributed by atoms with Crippen LogP contribution in [0.2, 0.25) is 0 Å². The van der Waals surface area contributed by atoms with Gasteiger partial charge < -0.3 is 10.1 Å². The molecule has 2 aromatic carbocycles. The molecule has 0 aliphatic heterocycles. The first-order chi connectivity index (χ1) is 16.4. The van der Waals surface area contributed by atoms with Crippen LogP contribution in [0.25, 0.3) is 11.4 Å². The standard InChI is InChI=1S/C23H19F2N5O3S/c1-14-11-20(30(28-14)18-9-5-16(25)6-10-18)27-21(31)13-33-22(32)19-12-26-23(34-2)29(19)17-7-3-15(24)4-8-17/h3-12H,13H2,1-2H3,(H,27,31). The lowest BCUT2D eigenvalue weighted by molar-refractivity contribution is -0.119. The third kappa shape index (κ3) is 4.99. The lowest BCUT2D eigenvalue weighted by Gasteiger charge is -2.11. The van der Waals surface area contributed by atoms with Gasteiger partial charge in [0.05, 0.1) is 17.6 Å². The van der Waals surface area contributed by atoms with Gasteiger partial charge in [0.1, 0.15) is 17.5 Å². The minimum atomic E-state index is -0.768. The van der Waals surface area contributed by atoms with Crippen LogP contribution in [0.15, 0.2) is 66.0 Å². The highest BCUT2D eigenvalue weighted by Gasteiger charge is 2.20. The van der Waals surface area contributed by atoms with Crippen molar-refractivity contribution >= 4 is 29.5 Å². The molecule has 4 aromatic rings. The largest absolute Gasteiger partial charge is 0.451 e. The summed E-state index contributed by atoms with van der Waals surface area (Å²) in [5, 5.41) is 7.45. The molecule has 1 N–H and O–H groups in total. The van der Waals surface area contributed by atoms with Gasteiger partial charge in [-0.3, -0.25) is 9.36 Å². The number of esters is 1. The minimum Gasteiger partial charge on any atom is -0.451 e. The van der Waals surface area contributed by atoms with Gasteiger partial charge in [-0.25, -0.2) is 23.2 Å². The van der Waals surface area contributed by atoms with Crippen molar-refractivity contribution in [1.82, 2.24) is 19.3 Å². The molecule has 0 unspecified atom stereocenters. The molecule has 34 heavy (non-hydrogen) atoms. The number of carbonyl (C=O) groups excluding carboxylic acids is 2. The van der Waals surface area contributed by atoms with Crippen molar-refractivity contribution < 1.29 is 23.1 Å². The molecule has 174 valence electrons. The van der Waals surface area contributed by atoms with Crippen molar-refractivity contribution in [2.45, 2.75) is 12.1 Å². The third-order valence-electron chi connectivity index (χ3n) is 4.71. The fourth-order valence-electron chi connectivity index (χ4n) is 3.21. The Bertz CT molecular complexity index is 1330. The van der Waals surface area contributed by atoms with E-state index in [1.54, 1.807) is 19.2 Å². The van der Waals surface area contributed by atoms with E-state index in [1.807, 2.05) is 0 Å². The Labute approximate surface area is 197 Å². The summed E-state index contributed by atoms with van der Waals surface area (Å²) in [6.45, 7) is 1.19. The number of nitrogens with one attached hydrogen (secondary N) is 1. The van der Waals surface area contributed by atoms with Crippen LogP contribution in [-0.4, -0.2) is 44.1 Å². The van der Waals surface area contributed by atoms with E-state index in [1.165, 1.54) is 75.7 Å². The summed E-state index contributed by atoms with van der Waals surface area (Å²) in [6.07, 6.45) is 3.12. The summed E-state index contributed by atoms with van der Waals surface area (Å²) in [7, 11) is 0. The third-order valence-corrected chi connectivity index (χ3v) is 5.36. The number of imidazole rings is 1. The van der Waals surface area contributed by atoms with Crippen LogP contribution in [0.1, 0.15) is 16.2 Å². The Balaban J connectivity index is 1.47.